The highest BCUT2D eigenvalue weighted by atomic mass is 32.1. The fraction of sp³-hybridized carbons (Fsp3) is 0.700. The minimum absolute atomic E-state index is 0.0689. The Bertz CT molecular complexity index is 394. The van der Waals surface area contributed by atoms with E-state index in [9.17, 15) is 4.79 Å². The van der Waals surface area contributed by atoms with Crippen molar-refractivity contribution in [3.05, 3.63) is 5.69 Å². The number of amides is 2. The average molecular weight is 255 g/mol. The molecule has 1 aromatic rings. The van der Waals surface area contributed by atoms with Gasteiger partial charge >= 0.3 is 6.03 Å². The summed E-state index contributed by atoms with van der Waals surface area (Å²) < 4.78 is 3.94. The third-order valence-electron chi connectivity index (χ3n) is 2.73. The Morgan fingerprint density at radius 3 is 2.94 bits per heavy atom. The molecule has 1 fully saturated rings. The Kier molecular flexibility index (Phi) is 3.78. The molecule has 0 aromatic carbocycles. The van der Waals surface area contributed by atoms with E-state index < -0.39 is 0 Å². The van der Waals surface area contributed by atoms with Crippen LogP contribution in [0.3, 0.4) is 0 Å². The predicted molar refractivity (Wildman–Crippen MR) is 67.1 cm³/mol. The molecule has 0 radical (unpaired) electrons. The topological polar surface area (TPSA) is 61.4 Å². The van der Waals surface area contributed by atoms with Gasteiger partial charge in [0.2, 0.25) is 0 Å². The van der Waals surface area contributed by atoms with Gasteiger partial charge in [0.05, 0.1) is 6.54 Å². The molecule has 0 unspecified atom stereocenters. The molecule has 0 bridgehead atoms. The van der Waals surface area contributed by atoms with Crippen molar-refractivity contribution in [1.82, 2.24) is 19.4 Å². The zero-order valence-electron chi connectivity index (χ0n) is 10.1. The monoisotopic (exact) mass is 255 g/mol. The van der Waals surface area contributed by atoms with Crippen LogP contribution in [0.4, 0.5) is 9.80 Å². The van der Waals surface area contributed by atoms with Crippen molar-refractivity contribution in [2.75, 3.05) is 32.0 Å². The third kappa shape index (κ3) is 2.66. The first kappa shape index (κ1) is 12.1. The van der Waals surface area contributed by atoms with Crippen molar-refractivity contribution in [3.63, 3.8) is 0 Å². The first-order valence-corrected chi connectivity index (χ1v) is 6.55. The van der Waals surface area contributed by atoms with E-state index in [1.165, 1.54) is 11.5 Å². The number of hydrogen-bond donors (Lipinski definition) is 1. The van der Waals surface area contributed by atoms with Gasteiger partial charge in [0.25, 0.3) is 0 Å². The number of nitrogens with one attached hydrogen (secondary N) is 1. The molecule has 0 saturated carbocycles. The first-order chi connectivity index (χ1) is 8.22. The lowest BCUT2D eigenvalue weighted by atomic mass is 10.4. The lowest BCUT2D eigenvalue weighted by Crippen LogP contribution is -2.29. The zero-order valence-corrected chi connectivity index (χ0v) is 11.0. The molecule has 1 N–H and O–H groups in total. The largest absolute Gasteiger partial charge is 0.374 e. The molecule has 0 aliphatic carbocycles. The van der Waals surface area contributed by atoms with Crippen molar-refractivity contribution in [1.29, 1.82) is 0 Å². The molecule has 17 heavy (non-hydrogen) atoms. The molecule has 2 amide bonds. The summed E-state index contributed by atoms with van der Waals surface area (Å²) in [5.41, 5.74) is 0.868. The van der Waals surface area contributed by atoms with E-state index in [1.807, 2.05) is 7.05 Å². The van der Waals surface area contributed by atoms with Gasteiger partial charge in [-0.2, -0.15) is 0 Å². The molecule has 2 heterocycles. The van der Waals surface area contributed by atoms with Gasteiger partial charge in [-0.1, -0.05) is 11.4 Å². The molecule has 1 aromatic heterocycles. The molecule has 1 aliphatic heterocycles. The molecule has 94 valence electrons. The van der Waals surface area contributed by atoms with E-state index in [2.05, 4.69) is 21.8 Å². The van der Waals surface area contributed by atoms with E-state index >= 15 is 0 Å². The van der Waals surface area contributed by atoms with Gasteiger partial charge in [0.15, 0.2) is 0 Å². The van der Waals surface area contributed by atoms with Crippen molar-refractivity contribution < 1.29 is 4.79 Å². The predicted octanol–water partition coefficient (Wildman–Crippen LogP) is 1.23. The number of anilines is 1. The molecular formula is C10H17N5OS. The number of carbonyl (C=O) groups is 1. The maximum absolute atomic E-state index is 11.7. The Labute approximate surface area is 105 Å². The molecule has 7 heteroatoms. The SMILES string of the molecule is CCCNc1snnc1CN1CCN(C)C1=O. The maximum Gasteiger partial charge on any atom is 0.320 e. The van der Waals surface area contributed by atoms with Crippen LogP contribution in [-0.4, -0.2) is 52.1 Å². The minimum Gasteiger partial charge on any atom is -0.374 e. The quantitative estimate of drug-likeness (QED) is 0.859. The fourth-order valence-corrected chi connectivity index (χ4v) is 2.31. The molecule has 6 nitrogen and oxygen atoms in total. The number of aromatic nitrogens is 2. The zero-order chi connectivity index (χ0) is 12.3. The summed E-state index contributed by atoms with van der Waals surface area (Å²) in [4.78, 5) is 15.3. The van der Waals surface area contributed by atoms with Gasteiger partial charge in [-0.05, 0) is 6.42 Å². The molecular weight excluding hydrogens is 238 g/mol. The van der Waals surface area contributed by atoms with Crippen LogP contribution < -0.4 is 5.32 Å². The summed E-state index contributed by atoms with van der Waals surface area (Å²) in [6.45, 7) is 5.12. The first-order valence-electron chi connectivity index (χ1n) is 5.77. The van der Waals surface area contributed by atoms with Gasteiger partial charge in [-0.25, -0.2) is 4.79 Å². The number of likely N-dealkylation sites (N-methyl/N-ethyl adjacent to an activating group) is 1. The van der Waals surface area contributed by atoms with Crippen LogP contribution in [0.5, 0.6) is 0 Å². The van der Waals surface area contributed by atoms with Crippen molar-refractivity contribution in [2.45, 2.75) is 19.9 Å². The standard InChI is InChI=1S/C10H17N5OS/c1-3-4-11-9-8(12-13-17-9)7-15-6-5-14(2)10(15)16/h11H,3-7H2,1-2H3. The van der Waals surface area contributed by atoms with Crippen molar-refractivity contribution >= 4 is 22.6 Å². The Hall–Kier alpha value is -1.37. The number of carbonyl (C=O) groups excluding carboxylic acids is 1. The van der Waals surface area contributed by atoms with Crippen LogP contribution in [0, 0.1) is 0 Å². The van der Waals surface area contributed by atoms with Gasteiger partial charge in [-0.3, -0.25) is 0 Å². The lowest BCUT2D eigenvalue weighted by molar-refractivity contribution is 0.196. The Morgan fingerprint density at radius 1 is 1.47 bits per heavy atom. The van der Waals surface area contributed by atoms with Crippen LogP contribution in [0.2, 0.25) is 0 Å². The highest BCUT2D eigenvalue weighted by Crippen LogP contribution is 2.20. The molecule has 1 saturated heterocycles. The molecule has 0 atom stereocenters. The molecule has 2 rings (SSSR count). The van der Waals surface area contributed by atoms with Crippen LogP contribution in [0.15, 0.2) is 0 Å². The van der Waals surface area contributed by atoms with E-state index in [4.69, 9.17) is 0 Å². The number of nitrogens with zero attached hydrogens (tertiary/aromatic N) is 4. The average Bonchev–Trinajstić information content (AvgIpc) is 2.89. The van der Waals surface area contributed by atoms with Crippen LogP contribution in [0.1, 0.15) is 19.0 Å². The smallest absolute Gasteiger partial charge is 0.320 e. The summed E-state index contributed by atoms with van der Waals surface area (Å²) in [5.74, 6) is 0. The normalized spacial score (nSPS) is 15.8. The summed E-state index contributed by atoms with van der Waals surface area (Å²) in [5, 5.41) is 8.35. The molecule has 0 spiro atoms. The highest BCUT2D eigenvalue weighted by molar-refractivity contribution is 7.10. The number of urea groups is 1. The van der Waals surface area contributed by atoms with Crippen LogP contribution in [-0.2, 0) is 6.54 Å². The van der Waals surface area contributed by atoms with Gasteiger partial charge in [0.1, 0.15) is 10.7 Å². The minimum atomic E-state index is 0.0689. The highest BCUT2D eigenvalue weighted by Gasteiger charge is 2.26. The maximum atomic E-state index is 11.7. The van der Waals surface area contributed by atoms with E-state index in [-0.39, 0.29) is 6.03 Å². The summed E-state index contributed by atoms with van der Waals surface area (Å²) in [6, 6.07) is 0.0689. The summed E-state index contributed by atoms with van der Waals surface area (Å²) >= 11 is 1.35. The van der Waals surface area contributed by atoms with Crippen molar-refractivity contribution in [2.24, 2.45) is 0 Å². The third-order valence-corrected chi connectivity index (χ3v) is 3.46. The van der Waals surface area contributed by atoms with E-state index in [0.717, 1.165) is 36.8 Å². The lowest BCUT2D eigenvalue weighted by Gasteiger charge is -2.15. The van der Waals surface area contributed by atoms with Gasteiger partial charge < -0.3 is 15.1 Å². The van der Waals surface area contributed by atoms with E-state index in [1.54, 1.807) is 9.80 Å². The number of hydrogen-bond acceptors (Lipinski definition) is 5. The second-order valence-corrected chi connectivity index (χ2v) is 4.86. The second kappa shape index (κ2) is 5.31. The Balaban J connectivity index is 1.99. The summed E-state index contributed by atoms with van der Waals surface area (Å²) in [7, 11) is 1.82. The van der Waals surface area contributed by atoms with Gasteiger partial charge in [-0.15, -0.1) is 5.10 Å². The van der Waals surface area contributed by atoms with Crippen molar-refractivity contribution in [3.8, 4) is 0 Å². The number of rotatable bonds is 5. The molecule has 1 aliphatic rings. The fourth-order valence-electron chi connectivity index (χ4n) is 1.72. The summed E-state index contributed by atoms with van der Waals surface area (Å²) in [6.07, 6.45) is 1.06. The van der Waals surface area contributed by atoms with Gasteiger partial charge in [0, 0.05) is 38.2 Å². The van der Waals surface area contributed by atoms with Crippen LogP contribution >= 0.6 is 11.5 Å². The van der Waals surface area contributed by atoms with Crippen LogP contribution in [0.25, 0.3) is 0 Å². The van der Waals surface area contributed by atoms with E-state index in [0.29, 0.717) is 6.54 Å². The Morgan fingerprint density at radius 2 is 2.29 bits per heavy atom. The second-order valence-electron chi connectivity index (χ2n) is 4.10.